The van der Waals surface area contributed by atoms with Gasteiger partial charge in [-0.05, 0) is 60.5 Å². The maximum atomic E-state index is 13.5. The molecule has 1 N–H and O–H groups in total. The van der Waals surface area contributed by atoms with E-state index < -0.39 is 23.5 Å². The van der Waals surface area contributed by atoms with Gasteiger partial charge in [0.2, 0.25) is 0 Å². The van der Waals surface area contributed by atoms with Crippen LogP contribution in [-0.2, 0) is 17.6 Å². The lowest BCUT2D eigenvalue weighted by atomic mass is 10.0. The number of carbonyl (C=O) groups excluding carboxylic acids is 1. The van der Waals surface area contributed by atoms with Crippen LogP contribution in [0.15, 0.2) is 109 Å². The lowest BCUT2D eigenvalue weighted by molar-refractivity contribution is -0.137. The number of aliphatic carboxylic acids is 1. The molecular formula is C34H24F3NO5. The Morgan fingerprint density at radius 3 is 2.21 bits per heavy atom. The summed E-state index contributed by atoms with van der Waals surface area (Å²) in [6, 6.07) is 25.3. The number of nitrogens with zero attached hydrogens (tertiary/aromatic N) is 1. The topological polar surface area (TPSA) is 85.7 Å². The largest absolute Gasteiger partial charge is 0.489 e. The third-order valence-corrected chi connectivity index (χ3v) is 6.58. The molecule has 5 aromatic rings. The highest BCUT2D eigenvalue weighted by atomic mass is 19.4. The Morgan fingerprint density at radius 1 is 0.884 bits per heavy atom. The number of ether oxygens (including phenoxy) is 2. The van der Waals surface area contributed by atoms with Gasteiger partial charge < -0.3 is 14.6 Å². The molecule has 6 nitrogen and oxygen atoms in total. The fourth-order valence-corrected chi connectivity index (χ4v) is 4.28. The van der Waals surface area contributed by atoms with Crippen molar-refractivity contribution < 1.29 is 37.3 Å². The second-order valence-corrected chi connectivity index (χ2v) is 9.66. The van der Waals surface area contributed by atoms with Crippen LogP contribution in [0.3, 0.4) is 0 Å². The van der Waals surface area contributed by atoms with E-state index >= 15 is 0 Å². The highest BCUT2D eigenvalue weighted by Crippen LogP contribution is 2.36. The molecule has 1 aromatic heterocycles. The molecule has 0 saturated heterocycles. The molecule has 0 radical (unpaired) electrons. The number of rotatable bonds is 9. The van der Waals surface area contributed by atoms with E-state index in [2.05, 4.69) is 4.98 Å². The number of carbonyl (C=O) groups is 2. The molecule has 0 aliphatic carbocycles. The molecule has 0 fully saturated rings. The van der Waals surface area contributed by atoms with Gasteiger partial charge in [0.15, 0.2) is 5.78 Å². The lowest BCUT2D eigenvalue weighted by Crippen LogP contribution is -2.08. The Hall–Kier alpha value is -5.44. The number of alkyl halides is 3. The standard InChI is InChI=1S/C34H24F3NO5/c1-21(33(40)41)17-22-7-13-26(14-8-22)43-32-28-16-15-27(42-20-23-5-3-2-4-6-23)18-30(28)38-19-29(32)31(39)24-9-11-25(12-10-24)34(35,36)37/h2-19H,20H2,1H3,(H,40,41)/b21-17+. The van der Waals surface area contributed by atoms with Crippen LogP contribution in [0.1, 0.15) is 39.5 Å². The highest BCUT2D eigenvalue weighted by molar-refractivity contribution is 6.13. The molecule has 0 aliphatic heterocycles. The number of fused-ring (bicyclic) bond motifs is 1. The summed E-state index contributed by atoms with van der Waals surface area (Å²) in [5.74, 6) is -0.555. The van der Waals surface area contributed by atoms with Crippen LogP contribution in [0.25, 0.3) is 17.0 Å². The molecule has 9 heteroatoms. The number of carboxylic acid groups (broad SMARTS) is 1. The van der Waals surface area contributed by atoms with Crippen LogP contribution in [0, 0.1) is 0 Å². The van der Waals surface area contributed by atoms with Crippen molar-refractivity contribution in [3.05, 3.63) is 137 Å². The lowest BCUT2D eigenvalue weighted by Gasteiger charge is -2.15. The quantitative estimate of drug-likeness (QED) is 0.139. The number of hydrogen-bond donors (Lipinski definition) is 1. The molecule has 0 amide bonds. The van der Waals surface area contributed by atoms with Crippen LogP contribution < -0.4 is 9.47 Å². The van der Waals surface area contributed by atoms with Crippen LogP contribution in [0.2, 0.25) is 0 Å². The summed E-state index contributed by atoms with van der Waals surface area (Å²) in [5, 5.41) is 9.62. The van der Waals surface area contributed by atoms with Crippen molar-refractivity contribution in [2.24, 2.45) is 0 Å². The number of halogens is 3. The number of aromatic nitrogens is 1. The Labute approximate surface area is 244 Å². The van der Waals surface area contributed by atoms with E-state index in [9.17, 15) is 22.8 Å². The van der Waals surface area contributed by atoms with Gasteiger partial charge in [0.25, 0.3) is 0 Å². The smallest absolute Gasteiger partial charge is 0.416 e. The van der Waals surface area contributed by atoms with E-state index in [0.29, 0.717) is 34.6 Å². The third-order valence-electron chi connectivity index (χ3n) is 6.58. The fourth-order valence-electron chi connectivity index (χ4n) is 4.28. The zero-order valence-corrected chi connectivity index (χ0v) is 22.8. The van der Waals surface area contributed by atoms with Gasteiger partial charge in [-0.15, -0.1) is 0 Å². The maximum absolute atomic E-state index is 13.5. The summed E-state index contributed by atoms with van der Waals surface area (Å²) >= 11 is 0. The predicted molar refractivity (Wildman–Crippen MR) is 155 cm³/mol. The molecule has 0 aliphatic rings. The molecule has 43 heavy (non-hydrogen) atoms. The van der Waals surface area contributed by atoms with Crippen molar-refractivity contribution in [1.29, 1.82) is 0 Å². The van der Waals surface area contributed by atoms with Crippen molar-refractivity contribution in [2.75, 3.05) is 0 Å². The van der Waals surface area contributed by atoms with Gasteiger partial charge in [-0.2, -0.15) is 13.2 Å². The number of benzene rings is 4. The molecule has 4 aromatic carbocycles. The number of carboxylic acids is 1. The van der Waals surface area contributed by atoms with Gasteiger partial charge in [0.1, 0.15) is 23.9 Å². The Balaban J connectivity index is 1.51. The minimum atomic E-state index is -4.54. The van der Waals surface area contributed by atoms with E-state index in [1.165, 1.54) is 19.2 Å². The highest BCUT2D eigenvalue weighted by Gasteiger charge is 2.30. The first-order valence-electron chi connectivity index (χ1n) is 13.1. The zero-order chi connectivity index (χ0) is 30.6. The van der Waals surface area contributed by atoms with Crippen molar-refractivity contribution in [3.8, 4) is 17.2 Å². The van der Waals surface area contributed by atoms with Crippen LogP contribution in [0.4, 0.5) is 13.2 Å². The molecule has 0 unspecified atom stereocenters. The Bertz CT molecular complexity index is 1810. The van der Waals surface area contributed by atoms with E-state index in [1.54, 1.807) is 42.5 Å². The molecule has 0 spiro atoms. The summed E-state index contributed by atoms with van der Waals surface area (Å²) in [6.45, 7) is 1.81. The molecule has 0 bridgehead atoms. The third kappa shape index (κ3) is 6.90. The van der Waals surface area contributed by atoms with Gasteiger partial charge in [0, 0.05) is 28.8 Å². The van der Waals surface area contributed by atoms with Crippen molar-refractivity contribution >= 4 is 28.7 Å². The molecular weight excluding hydrogens is 559 g/mol. The first-order chi connectivity index (χ1) is 20.6. The molecule has 0 saturated carbocycles. The van der Waals surface area contributed by atoms with Crippen LogP contribution in [-0.4, -0.2) is 21.8 Å². The van der Waals surface area contributed by atoms with Crippen molar-refractivity contribution in [2.45, 2.75) is 19.7 Å². The fraction of sp³-hybridized carbons (Fsp3) is 0.0882. The van der Waals surface area contributed by atoms with Crippen LogP contribution in [0.5, 0.6) is 17.2 Å². The average Bonchev–Trinajstić information content (AvgIpc) is 3.00. The predicted octanol–water partition coefficient (Wildman–Crippen LogP) is 8.34. The van der Waals surface area contributed by atoms with E-state index in [-0.39, 0.29) is 22.4 Å². The second kappa shape index (κ2) is 12.2. The summed E-state index contributed by atoms with van der Waals surface area (Å²) in [7, 11) is 0. The summed E-state index contributed by atoms with van der Waals surface area (Å²) in [6.07, 6.45) is -1.71. The SMILES string of the molecule is C/C(=C\c1ccc(Oc2c(C(=O)c3ccc(C(F)(F)F)cc3)cnc3cc(OCc4ccccc4)ccc23)cc1)C(=O)O. The normalized spacial score (nSPS) is 11.8. The minimum Gasteiger partial charge on any atom is -0.489 e. The molecule has 0 atom stereocenters. The molecule has 5 rings (SSSR count). The van der Waals surface area contributed by atoms with Gasteiger partial charge in [-0.1, -0.05) is 54.6 Å². The summed E-state index contributed by atoms with van der Waals surface area (Å²) in [5.41, 5.74) is 1.46. The van der Waals surface area contributed by atoms with Gasteiger partial charge in [-0.25, -0.2) is 4.79 Å². The monoisotopic (exact) mass is 583 g/mol. The Morgan fingerprint density at radius 2 is 1.56 bits per heavy atom. The maximum Gasteiger partial charge on any atom is 0.416 e. The van der Waals surface area contributed by atoms with E-state index in [4.69, 9.17) is 14.6 Å². The van der Waals surface area contributed by atoms with E-state index in [0.717, 1.165) is 29.8 Å². The van der Waals surface area contributed by atoms with Gasteiger partial charge >= 0.3 is 12.1 Å². The van der Waals surface area contributed by atoms with Gasteiger partial charge in [-0.3, -0.25) is 9.78 Å². The molecule has 1 heterocycles. The minimum absolute atomic E-state index is 0.0337. The van der Waals surface area contributed by atoms with E-state index in [1.807, 2.05) is 30.3 Å². The van der Waals surface area contributed by atoms with Gasteiger partial charge in [0.05, 0.1) is 16.6 Å². The Kier molecular flexibility index (Phi) is 8.25. The van der Waals surface area contributed by atoms with Crippen molar-refractivity contribution in [1.82, 2.24) is 4.98 Å². The number of ketones is 1. The van der Waals surface area contributed by atoms with Crippen LogP contribution >= 0.6 is 0 Å². The summed E-state index contributed by atoms with van der Waals surface area (Å²) < 4.78 is 51.4. The molecule has 216 valence electrons. The average molecular weight is 584 g/mol. The summed E-state index contributed by atoms with van der Waals surface area (Å²) in [4.78, 5) is 29.1. The zero-order valence-electron chi connectivity index (χ0n) is 22.8. The second-order valence-electron chi connectivity index (χ2n) is 9.66. The van der Waals surface area contributed by atoms with Crippen molar-refractivity contribution in [3.63, 3.8) is 0 Å². The number of pyridine rings is 1. The number of hydrogen-bond acceptors (Lipinski definition) is 5. The first-order valence-corrected chi connectivity index (χ1v) is 13.1. The first kappa shape index (κ1) is 29.1.